The third-order valence-corrected chi connectivity index (χ3v) is 4.22. The Bertz CT molecular complexity index is 842. The number of nitrogens with zero attached hydrogens (tertiary/aromatic N) is 5. The molecule has 0 atom stereocenters. The van der Waals surface area contributed by atoms with Crippen molar-refractivity contribution in [3.63, 3.8) is 0 Å². The summed E-state index contributed by atoms with van der Waals surface area (Å²) in [5.41, 5.74) is 1.89. The van der Waals surface area contributed by atoms with Crippen molar-refractivity contribution < 1.29 is 9.32 Å². The zero-order valence-corrected chi connectivity index (χ0v) is 13.6. The molecule has 4 rings (SSSR count). The van der Waals surface area contributed by atoms with Gasteiger partial charge in [-0.15, -0.1) is 0 Å². The van der Waals surface area contributed by atoms with E-state index in [1.54, 1.807) is 23.4 Å². The van der Waals surface area contributed by atoms with Crippen molar-refractivity contribution in [2.45, 2.75) is 0 Å². The minimum atomic E-state index is -0.227. The fourth-order valence-electron chi connectivity index (χ4n) is 2.86. The molecule has 0 radical (unpaired) electrons. The predicted molar refractivity (Wildman–Crippen MR) is 92.1 cm³/mol. The second-order valence-corrected chi connectivity index (χ2v) is 5.78. The van der Waals surface area contributed by atoms with Crippen LogP contribution in [0, 0.1) is 0 Å². The first-order valence-corrected chi connectivity index (χ1v) is 8.14. The molecular formula is C18H17N5O2. The van der Waals surface area contributed by atoms with E-state index in [2.05, 4.69) is 32.2 Å². The molecule has 0 N–H and O–H groups in total. The number of hydrogen-bond acceptors (Lipinski definition) is 6. The minimum Gasteiger partial charge on any atom is -0.368 e. The molecule has 3 heterocycles. The Morgan fingerprint density at radius 1 is 1.00 bits per heavy atom. The summed E-state index contributed by atoms with van der Waals surface area (Å²) >= 11 is 0. The highest BCUT2D eigenvalue weighted by atomic mass is 16.5. The number of carbonyl (C=O) groups is 1. The van der Waals surface area contributed by atoms with Gasteiger partial charge in [-0.2, -0.15) is 4.98 Å². The quantitative estimate of drug-likeness (QED) is 0.729. The minimum absolute atomic E-state index is 0.0204. The van der Waals surface area contributed by atoms with Gasteiger partial charge in [-0.25, -0.2) is 0 Å². The molecule has 25 heavy (non-hydrogen) atoms. The molecule has 0 unspecified atom stereocenters. The number of amides is 1. The van der Waals surface area contributed by atoms with Gasteiger partial charge in [0.15, 0.2) is 0 Å². The molecule has 2 aromatic heterocycles. The monoisotopic (exact) mass is 335 g/mol. The van der Waals surface area contributed by atoms with Gasteiger partial charge in [0.25, 0.3) is 0 Å². The number of anilines is 1. The van der Waals surface area contributed by atoms with Gasteiger partial charge in [-0.05, 0) is 24.3 Å². The largest absolute Gasteiger partial charge is 0.368 e. The molecule has 126 valence electrons. The highest BCUT2D eigenvalue weighted by Crippen LogP contribution is 2.18. The van der Waals surface area contributed by atoms with Crippen molar-refractivity contribution in [1.82, 2.24) is 20.0 Å². The fourth-order valence-corrected chi connectivity index (χ4v) is 2.86. The maximum Gasteiger partial charge on any atom is 0.316 e. The van der Waals surface area contributed by atoms with Crippen LogP contribution in [0.4, 0.5) is 5.69 Å². The van der Waals surface area contributed by atoms with E-state index in [0.29, 0.717) is 18.9 Å². The first kappa shape index (κ1) is 15.3. The van der Waals surface area contributed by atoms with Crippen LogP contribution >= 0.6 is 0 Å². The summed E-state index contributed by atoms with van der Waals surface area (Å²) in [4.78, 5) is 24.8. The number of piperazine rings is 1. The summed E-state index contributed by atoms with van der Waals surface area (Å²) in [7, 11) is 0. The Labute approximate surface area is 144 Å². The van der Waals surface area contributed by atoms with Gasteiger partial charge in [-0.3, -0.25) is 9.78 Å². The molecule has 1 saturated heterocycles. The normalized spacial score (nSPS) is 14.6. The van der Waals surface area contributed by atoms with Crippen LogP contribution in [-0.4, -0.2) is 52.1 Å². The summed E-state index contributed by atoms with van der Waals surface area (Å²) in [6, 6.07) is 13.8. The van der Waals surface area contributed by atoms with Crippen molar-refractivity contribution >= 4 is 11.6 Å². The highest BCUT2D eigenvalue weighted by Gasteiger charge is 2.26. The van der Waals surface area contributed by atoms with Crippen molar-refractivity contribution in [3.05, 3.63) is 60.7 Å². The number of aromatic nitrogens is 3. The first-order valence-electron chi connectivity index (χ1n) is 8.14. The van der Waals surface area contributed by atoms with Gasteiger partial charge in [0.05, 0.1) is 0 Å². The Morgan fingerprint density at radius 2 is 1.80 bits per heavy atom. The average Bonchev–Trinajstić information content (AvgIpc) is 3.19. The van der Waals surface area contributed by atoms with Crippen LogP contribution in [-0.2, 0) is 0 Å². The molecule has 0 saturated carbocycles. The second-order valence-electron chi connectivity index (χ2n) is 5.78. The molecule has 1 amide bonds. The summed E-state index contributed by atoms with van der Waals surface area (Å²) in [6.45, 7) is 2.80. The number of benzene rings is 1. The summed E-state index contributed by atoms with van der Waals surface area (Å²) in [6.07, 6.45) is 3.31. The molecule has 0 aliphatic carbocycles. The van der Waals surface area contributed by atoms with E-state index in [1.165, 1.54) is 5.69 Å². The van der Waals surface area contributed by atoms with Gasteiger partial charge in [0.2, 0.25) is 5.82 Å². The Kier molecular flexibility index (Phi) is 4.12. The molecule has 0 spiro atoms. The maximum absolute atomic E-state index is 12.6. The van der Waals surface area contributed by atoms with E-state index in [-0.39, 0.29) is 11.8 Å². The van der Waals surface area contributed by atoms with E-state index < -0.39 is 0 Å². The van der Waals surface area contributed by atoms with Crippen LogP contribution < -0.4 is 4.90 Å². The van der Waals surface area contributed by atoms with Crippen molar-refractivity contribution in [1.29, 1.82) is 0 Å². The van der Waals surface area contributed by atoms with Crippen LogP contribution in [0.1, 0.15) is 10.7 Å². The lowest BCUT2D eigenvalue weighted by Crippen LogP contribution is -2.48. The van der Waals surface area contributed by atoms with Gasteiger partial charge >= 0.3 is 11.8 Å². The van der Waals surface area contributed by atoms with Crippen LogP contribution in [0.15, 0.2) is 59.4 Å². The van der Waals surface area contributed by atoms with E-state index >= 15 is 0 Å². The van der Waals surface area contributed by atoms with Crippen LogP contribution in [0.5, 0.6) is 0 Å². The Hall–Kier alpha value is -3.22. The van der Waals surface area contributed by atoms with E-state index in [0.717, 1.165) is 18.7 Å². The molecule has 1 aliphatic heterocycles. The van der Waals surface area contributed by atoms with E-state index in [1.807, 2.05) is 24.3 Å². The lowest BCUT2D eigenvalue weighted by molar-refractivity contribution is 0.0696. The van der Waals surface area contributed by atoms with Gasteiger partial charge in [-0.1, -0.05) is 23.4 Å². The van der Waals surface area contributed by atoms with Crippen molar-refractivity contribution in [2.75, 3.05) is 31.1 Å². The SMILES string of the molecule is O=C(c1nc(-c2cccnc2)no1)N1CCN(c2ccccc2)CC1. The van der Waals surface area contributed by atoms with Crippen molar-refractivity contribution in [2.24, 2.45) is 0 Å². The van der Waals surface area contributed by atoms with Gasteiger partial charge in [0.1, 0.15) is 0 Å². The number of para-hydroxylation sites is 1. The number of hydrogen-bond donors (Lipinski definition) is 0. The summed E-state index contributed by atoms with van der Waals surface area (Å²) in [5, 5.41) is 3.88. The molecule has 3 aromatic rings. The third kappa shape index (κ3) is 3.21. The Balaban J connectivity index is 1.42. The predicted octanol–water partition coefficient (Wildman–Crippen LogP) is 2.09. The number of pyridine rings is 1. The molecule has 1 aromatic carbocycles. The van der Waals surface area contributed by atoms with Crippen molar-refractivity contribution in [3.8, 4) is 11.4 Å². The fraction of sp³-hybridized carbons (Fsp3) is 0.222. The topological polar surface area (TPSA) is 75.4 Å². The third-order valence-electron chi connectivity index (χ3n) is 4.22. The van der Waals surface area contributed by atoms with Crippen LogP contribution in [0.25, 0.3) is 11.4 Å². The molecule has 7 heteroatoms. The number of carbonyl (C=O) groups excluding carboxylic acids is 1. The van der Waals surface area contributed by atoms with Gasteiger partial charge < -0.3 is 14.3 Å². The lowest BCUT2D eigenvalue weighted by atomic mass is 10.2. The number of rotatable bonds is 3. The van der Waals surface area contributed by atoms with E-state index in [9.17, 15) is 4.79 Å². The Morgan fingerprint density at radius 3 is 2.52 bits per heavy atom. The molecule has 1 fully saturated rings. The average molecular weight is 335 g/mol. The van der Waals surface area contributed by atoms with E-state index in [4.69, 9.17) is 4.52 Å². The summed E-state index contributed by atoms with van der Waals surface area (Å²) in [5.74, 6) is 0.168. The molecule has 0 bridgehead atoms. The van der Waals surface area contributed by atoms with Crippen LogP contribution in [0.2, 0.25) is 0 Å². The molecular weight excluding hydrogens is 318 g/mol. The standard InChI is InChI=1S/C18H17N5O2/c24-18(17-20-16(21-25-17)14-5-4-8-19-13-14)23-11-9-22(10-12-23)15-6-2-1-3-7-15/h1-8,13H,9-12H2. The maximum atomic E-state index is 12.6. The smallest absolute Gasteiger partial charge is 0.316 e. The zero-order valence-electron chi connectivity index (χ0n) is 13.6. The zero-order chi connectivity index (χ0) is 17.1. The summed E-state index contributed by atoms with van der Waals surface area (Å²) < 4.78 is 5.15. The lowest BCUT2D eigenvalue weighted by Gasteiger charge is -2.35. The highest BCUT2D eigenvalue weighted by molar-refractivity contribution is 5.90. The van der Waals surface area contributed by atoms with Gasteiger partial charge in [0, 0.05) is 49.8 Å². The molecule has 7 nitrogen and oxygen atoms in total. The van der Waals surface area contributed by atoms with Crippen LogP contribution in [0.3, 0.4) is 0 Å². The second kappa shape index (κ2) is 6.72. The first-order chi connectivity index (χ1) is 12.3. The molecule has 1 aliphatic rings.